The van der Waals surface area contributed by atoms with E-state index in [0.29, 0.717) is 24.2 Å². The van der Waals surface area contributed by atoms with E-state index in [-0.39, 0.29) is 5.91 Å². The average molecular weight is 582 g/mol. The van der Waals surface area contributed by atoms with Crippen molar-refractivity contribution in [1.82, 2.24) is 29.7 Å². The van der Waals surface area contributed by atoms with E-state index in [2.05, 4.69) is 62.1 Å². The van der Waals surface area contributed by atoms with E-state index < -0.39 is 0 Å². The van der Waals surface area contributed by atoms with Gasteiger partial charge in [-0.2, -0.15) is 0 Å². The monoisotopic (exact) mass is 581 g/mol. The van der Waals surface area contributed by atoms with E-state index in [1.54, 1.807) is 19.6 Å². The Morgan fingerprint density at radius 1 is 1.07 bits per heavy atom. The van der Waals surface area contributed by atoms with Gasteiger partial charge in [-0.25, -0.2) is 9.97 Å². The summed E-state index contributed by atoms with van der Waals surface area (Å²) >= 11 is 0. The molecule has 1 fully saturated rings. The molecule has 1 atom stereocenters. The highest BCUT2D eigenvalue weighted by atomic mass is 16.5. The molecule has 4 heterocycles. The molecule has 1 saturated heterocycles. The summed E-state index contributed by atoms with van der Waals surface area (Å²) in [5.74, 6) is 1.57. The Morgan fingerprint density at radius 3 is 2.49 bits per heavy atom. The second-order valence-corrected chi connectivity index (χ2v) is 11.5. The van der Waals surface area contributed by atoms with Gasteiger partial charge >= 0.3 is 0 Å². The van der Waals surface area contributed by atoms with Gasteiger partial charge in [0.25, 0.3) is 5.91 Å². The molecule has 1 N–H and O–H groups in total. The first kappa shape index (κ1) is 30.2. The standard InChI is InChI=1S/C34H43N7O2/c1-24-10-14-35-21-28(24)22-41(29-6-8-31(43-5)9-7-29)30-12-17-39(18-13-30)26(3)11-15-37-34(42)33-25(2)20-32(38-27(33)4)40-19-16-36-23-40/h6-10,14,16,19-21,23,26,30H,11-13,15,17-18,22H2,1-5H3,(H,37,42)/t26-/m1/s1. The molecule has 0 spiro atoms. The molecule has 1 amide bonds. The Kier molecular flexibility index (Phi) is 9.72. The molecule has 9 heteroatoms. The Bertz CT molecular complexity index is 1470. The van der Waals surface area contributed by atoms with Crippen LogP contribution in [0.5, 0.6) is 5.75 Å². The van der Waals surface area contributed by atoms with Crippen LogP contribution < -0.4 is 15.0 Å². The van der Waals surface area contributed by atoms with Gasteiger partial charge < -0.3 is 19.9 Å². The van der Waals surface area contributed by atoms with Gasteiger partial charge in [0.15, 0.2) is 0 Å². The summed E-state index contributed by atoms with van der Waals surface area (Å²) in [6, 6.07) is 13.2. The number of hydrogen-bond donors (Lipinski definition) is 1. The van der Waals surface area contributed by atoms with E-state index in [1.165, 1.54) is 16.8 Å². The number of methoxy groups -OCH3 is 1. The molecule has 5 rings (SSSR count). The lowest BCUT2D eigenvalue weighted by molar-refractivity contribution is 0.0943. The number of nitrogens with one attached hydrogen (secondary N) is 1. The molecule has 0 aliphatic carbocycles. The summed E-state index contributed by atoms with van der Waals surface area (Å²) in [5.41, 5.74) is 6.00. The molecular formula is C34H43N7O2. The summed E-state index contributed by atoms with van der Waals surface area (Å²) in [6.07, 6.45) is 12.2. The average Bonchev–Trinajstić information content (AvgIpc) is 3.56. The molecule has 4 aromatic rings. The number of ether oxygens (including phenoxy) is 1. The lowest BCUT2D eigenvalue weighted by Crippen LogP contribution is -2.48. The van der Waals surface area contributed by atoms with Crippen molar-refractivity contribution >= 4 is 11.6 Å². The molecule has 1 aromatic carbocycles. The van der Waals surface area contributed by atoms with Crippen molar-refractivity contribution < 1.29 is 9.53 Å². The number of aryl methyl sites for hydroxylation is 3. The number of imidazole rings is 1. The zero-order valence-corrected chi connectivity index (χ0v) is 26.0. The first-order valence-corrected chi connectivity index (χ1v) is 15.1. The molecule has 1 aliphatic rings. The minimum absolute atomic E-state index is 0.0635. The lowest BCUT2D eigenvalue weighted by Gasteiger charge is -2.42. The Balaban J connectivity index is 1.16. The van der Waals surface area contributed by atoms with Crippen LogP contribution in [0.25, 0.3) is 5.82 Å². The minimum atomic E-state index is -0.0635. The van der Waals surface area contributed by atoms with E-state index in [4.69, 9.17) is 4.74 Å². The zero-order chi connectivity index (χ0) is 30.3. The van der Waals surface area contributed by atoms with Crippen LogP contribution in [0.2, 0.25) is 0 Å². The topological polar surface area (TPSA) is 88.4 Å². The molecule has 0 saturated carbocycles. The first-order valence-electron chi connectivity index (χ1n) is 15.1. The number of hydrogen-bond acceptors (Lipinski definition) is 7. The first-order chi connectivity index (χ1) is 20.8. The Labute approximate surface area is 254 Å². The predicted molar refractivity (Wildman–Crippen MR) is 170 cm³/mol. The highest BCUT2D eigenvalue weighted by Gasteiger charge is 2.28. The molecule has 43 heavy (non-hydrogen) atoms. The molecule has 0 unspecified atom stereocenters. The van der Waals surface area contributed by atoms with Crippen molar-refractivity contribution in [1.29, 1.82) is 0 Å². The molecule has 0 radical (unpaired) electrons. The molecule has 9 nitrogen and oxygen atoms in total. The maximum atomic E-state index is 13.1. The fourth-order valence-corrected chi connectivity index (χ4v) is 6.04. The number of nitrogens with zero attached hydrogens (tertiary/aromatic N) is 6. The molecule has 0 bridgehead atoms. The van der Waals surface area contributed by atoms with E-state index in [0.717, 1.165) is 61.7 Å². The van der Waals surface area contributed by atoms with Crippen LogP contribution in [0.3, 0.4) is 0 Å². The Morgan fingerprint density at radius 2 is 1.84 bits per heavy atom. The van der Waals surface area contributed by atoms with Crippen molar-refractivity contribution in [3.05, 3.63) is 95.5 Å². The van der Waals surface area contributed by atoms with Crippen LogP contribution in [0.4, 0.5) is 5.69 Å². The van der Waals surface area contributed by atoms with Gasteiger partial charge in [-0.05, 0) is 100 Å². The van der Waals surface area contributed by atoms with Crippen molar-refractivity contribution in [2.75, 3.05) is 31.6 Å². The Hall–Kier alpha value is -4.24. The van der Waals surface area contributed by atoms with Crippen LogP contribution in [0.1, 0.15) is 58.9 Å². The summed E-state index contributed by atoms with van der Waals surface area (Å²) < 4.78 is 7.26. The largest absolute Gasteiger partial charge is 0.497 e. The predicted octanol–water partition coefficient (Wildman–Crippen LogP) is 5.28. The van der Waals surface area contributed by atoms with Gasteiger partial charge in [-0.1, -0.05) is 0 Å². The maximum absolute atomic E-state index is 13.1. The van der Waals surface area contributed by atoms with E-state index >= 15 is 0 Å². The van der Waals surface area contributed by atoms with E-state index in [1.807, 2.05) is 55.2 Å². The highest BCUT2D eigenvalue weighted by Crippen LogP contribution is 2.29. The fraction of sp³-hybridized carbons (Fsp3) is 0.412. The second kappa shape index (κ2) is 13.8. The quantitative estimate of drug-likeness (QED) is 0.258. The molecule has 3 aromatic heterocycles. The van der Waals surface area contributed by atoms with Crippen LogP contribution >= 0.6 is 0 Å². The van der Waals surface area contributed by atoms with Gasteiger partial charge in [0.2, 0.25) is 0 Å². The van der Waals surface area contributed by atoms with Crippen LogP contribution in [-0.4, -0.2) is 69.2 Å². The van der Waals surface area contributed by atoms with Gasteiger partial charge in [0.05, 0.1) is 18.4 Å². The molecule has 1 aliphatic heterocycles. The number of pyridine rings is 2. The number of likely N-dealkylation sites (tertiary alicyclic amines) is 1. The summed E-state index contributed by atoms with van der Waals surface area (Å²) in [4.78, 5) is 31.3. The number of carbonyl (C=O) groups excluding carboxylic acids is 1. The van der Waals surface area contributed by atoms with E-state index in [9.17, 15) is 4.79 Å². The number of rotatable bonds is 11. The summed E-state index contributed by atoms with van der Waals surface area (Å²) in [7, 11) is 1.70. The maximum Gasteiger partial charge on any atom is 0.253 e. The number of aromatic nitrogens is 4. The van der Waals surface area contributed by atoms with Gasteiger partial charge in [-0.15, -0.1) is 0 Å². The normalized spacial score (nSPS) is 14.8. The number of anilines is 1. The third-order valence-electron chi connectivity index (χ3n) is 8.68. The molecule has 226 valence electrons. The minimum Gasteiger partial charge on any atom is -0.497 e. The summed E-state index contributed by atoms with van der Waals surface area (Å²) in [5, 5.41) is 3.15. The van der Waals surface area contributed by atoms with Crippen LogP contribution in [0.15, 0.2) is 67.5 Å². The van der Waals surface area contributed by atoms with Crippen molar-refractivity contribution in [3.63, 3.8) is 0 Å². The highest BCUT2D eigenvalue weighted by molar-refractivity contribution is 5.96. The van der Waals surface area contributed by atoms with Crippen molar-refractivity contribution in [2.24, 2.45) is 0 Å². The van der Waals surface area contributed by atoms with Crippen LogP contribution in [0, 0.1) is 20.8 Å². The number of benzene rings is 1. The van der Waals surface area contributed by atoms with Crippen LogP contribution in [-0.2, 0) is 6.54 Å². The molecular weight excluding hydrogens is 538 g/mol. The van der Waals surface area contributed by atoms with Crippen molar-refractivity contribution in [2.45, 2.75) is 65.6 Å². The third-order valence-corrected chi connectivity index (χ3v) is 8.68. The second-order valence-electron chi connectivity index (χ2n) is 11.5. The van der Waals surface area contributed by atoms with Gasteiger partial charge in [-0.3, -0.25) is 14.3 Å². The summed E-state index contributed by atoms with van der Waals surface area (Å²) in [6.45, 7) is 11.8. The SMILES string of the molecule is COc1ccc(N(Cc2cnccc2C)C2CCN([C@H](C)CCNC(=O)c3c(C)cc(-n4ccnc4)nc3C)CC2)cc1. The lowest BCUT2D eigenvalue weighted by atomic mass is 9.99. The van der Waals surface area contributed by atoms with Gasteiger partial charge in [0.1, 0.15) is 17.9 Å². The fourth-order valence-electron chi connectivity index (χ4n) is 6.04. The van der Waals surface area contributed by atoms with Gasteiger partial charge in [0, 0.05) is 68.7 Å². The zero-order valence-electron chi connectivity index (χ0n) is 26.0. The number of carbonyl (C=O) groups is 1. The number of amides is 1. The van der Waals surface area contributed by atoms with Crippen molar-refractivity contribution in [3.8, 4) is 11.6 Å². The third kappa shape index (κ3) is 7.22. The smallest absolute Gasteiger partial charge is 0.253 e. The number of piperidine rings is 1.